The molecular weight excluding hydrogens is 661 g/mol. The van der Waals surface area contributed by atoms with Crippen LogP contribution in [0.4, 0.5) is 5.69 Å². The molecule has 8 heteroatoms. The number of aryl methyl sites for hydroxylation is 1. The number of carbonyl (C=O) groups is 2. The number of anilines is 1. The molecule has 2 N–H and O–H groups in total. The van der Waals surface area contributed by atoms with Crippen LogP contribution in [-0.2, 0) is 17.8 Å². The fourth-order valence-electron chi connectivity index (χ4n) is 9.85. The van der Waals surface area contributed by atoms with E-state index in [4.69, 9.17) is 4.74 Å². The van der Waals surface area contributed by atoms with Crippen molar-refractivity contribution in [2.75, 3.05) is 44.2 Å². The number of piperidine rings is 1. The quantitative estimate of drug-likeness (QED) is 0.185. The first-order chi connectivity index (χ1) is 25.9. The van der Waals surface area contributed by atoms with Crippen LogP contribution < -0.4 is 15.0 Å². The van der Waals surface area contributed by atoms with Gasteiger partial charge in [-0.3, -0.25) is 9.59 Å². The van der Waals surface area contributed by atoms with Crippen molar-refractivity contribution in [3.05, 3.63) is 137 Å². The molecule has 4 aromatic carbocycles. The fourth-order valence-corrected chi connectivity index (χ4v) is 9.85. The van der Waals surface area contributed by atoms with E-state index in [9.17, 15) is 14.7 Å². The Morgan fingerprint density at radius 3 is 2.38 bits per heavy atom. The number of likely N-dealkylation sites (tertiary alicyclic amines) is 1. The van der Waals surface area contributed by atoms with Gasteiger partial charge in [0, 0.05) is 62.1 Å². The van der Waals surface area contributed by atoms with Crippen molar-refractivity contribution < 1.29 is 19.4 Å². The molecule has 0 aromatic heterocycles. The van der Waals surface area contributed by atoms with Crippen LogP contribution >= 0.6 is 0 Å². The van der Waals surface area contributed by atoms with Gasteiger partial charge in [-0.1, -0.05) is 55.1 Å². The molecule has 3 saturated heterocycles. The smallest absolute Gasteiger partial charge is 0.255 e. The average Bonchev–Trinajstić information content (AvgIpc) is 3.85. The van der Waals surface area contributed by atoms with Gasteiger partial charge in [-0.25, -0.2) is 0 Å². The van der Waals surface area contributed by atoms with Gasteiger partial charge in [0.2, 0.25) is 5.91 Å². The number of nitrogens with one attached hydrogen (secondary N) is 1. The lowest BCUT2D eigenvalue weighted by molar-refractivity contribution is -0.126. The second-order valence-corrected chi connectivity index (χ2v) is 15.8. The zero-order chi connectivity index (χ0) is 36.1. The number of hydrogen-bond acceptors (Lipinski definition) is 6. The maximum Gasteiger partial charge on any atom is 0.255 e. The minimum Gasteiger partial charge on any atom is -0.508 e. The molecule has 0 radical (unpaired) electrons. The molecule has 0 bridgehead atoms. The lowest BCUT2D eigenvalue weighted by atomic mass is 9.69. The maximum absolute atomic E-state index is 13.2. The van der Waals surface area contributed by atoms with Gasteiger partial charge >= 0.3 is 0 Å². The number of fused-ring (bicyclic) bond motifs is 3. The molecule has 8 nitrogen and oxygen atoms in total. The summed E-state index contributed by atoms with van der Waals surface area (Å²) in [6.45, 7) is 10.4. The highest BCUT2D eigenvalue weighted by molar-refractivity contribution is 6.01. The monoisotopic (exact) mass is 708 g/mol. The number of nitrogens with zero attached hydrogens (tertiary/aromatic N) is 3. The van der Waals surface area contributed by atoms with Gasteiger partial charge < -0.3 is 29.9 Å². The molecule has 4 aromatic rings. The Bertz CT molecular complexity index is 2020. The van der Waals surface area contributed by atoms with Crippen LogP contribution in [0.15, 0.2) is 103 Å². The Labute approximate surface area is 312 Å². The standard InChI is InChI=1S/C45H48N4O4/c1-29-8-19-42(44(51)46-29)49-28-33-22-36(12-17-41(33)45(49)52)48-26-34-24-47(25-35(34)27-48)20-5-21-53-38-14-9-31(10-15-38)43-39(30-6-3-2-4-7-30)16-11-32-23-37(50)13-18-40(32)43/h2-4,6-7,9-10,12-15,17-18,22-23,34-35,39,42-43,50H,1,5,8,11,16,19-21,24-28H2,(H,46,51)/t34-,35+,39-,42?,43+/m0/s1. The first kappa shape index (κ1) is 33.7. The third-order valence-electron chi connectivity index (χ3n) is 12.5. The number of amides is 2. The van der Waals surface area contributed by atoms with Crippen LogP contribution in [0.3, 0.4) is 0 Å². The van der Waals surface area contributed by atoms with Gasteiger partial charge in [0.25, 0.3) is 5.91 Å². The zero-order valence-electron chi connectivity index (χ0n) is 30.3. The number of benzene rings is 4. The number of rotatable bonds is 9. The molecule has 4 heterocycles. The topological polar surface area (TPSA) is 85.4 Å². The summed E-state index contributed by atoms with van der Waals surface area (Å²) >= 11 is 0. The summed E-state index contributed by atoms with van der Waals surface area (Å²) in [4.78, 5) is 32.6. The largest absolute Gasteiger partial charge is 0.508 e. The Morgan fingerprint density at radius 2 is 1.60 bits per heavy atom. The van der Waals surface area contributed by atoms with Crippen LogP contribution in [0, 0.1) is 11.8 Å². The number of carbonyl (C=O) groups excluding carboxylic acids is 2. The van der Waals surface area contributed by atoms with Crippen molar-refractivity contribution in [1.82, 2.24) is 15.1 Å². The van der Waals surface area contributed by atoms with Crippen LogP contribution in [0.1, 0.15) is 75.7 Å². The minimum atomic E-state index is -0.428. The van der Waals surface area contributed by atoms with E-state index < -0.39 is 6.04 Å². The van der Waals surface area contributed by atoms with Crippen molar-refractivity contribution in [3.63, 3.8) is 0 Å². The number of phenolic OH excluding ortho intramolecular Hbond substituents is 1. The molecule has 272 valence electrons. The van der Waals surface area contributed by atoms with E-state index in [0.717, 1.165) is 74.6 Å². The van der Waals surface area contributed by atoms with Crippen molar-refractivity contribution in [2.24, 2.45) is 11.8 Å². The molecule has 53 heavy (non-hydrogen) atoms. The van der Waals surface area contributed by atoms with Gasteiger partial charge in [-0.2, -0.15) is 0 Å². The highest BCUT2D eigenvalue weighted by Gasteiger charge is 2.41. The molecule has 0 spiro atoms. The van der Waals surface area contributed by atoms with Crippen LogP contribution in [0.5, 0.6) is 11.5 Å². The second kappa shape index (κ2) is 14.0. The van der Waals surface area contributed by atoms with Gasteiger partial charge in [0.05, 0.1) is 6.61 Å². The normalized spacial score (nSPS) is 25.3. The molecular formula is C45H48N4O4. The summed E-state index contributed by atoms with van der Waals surface area (Å²) in [5.74, 6) is 2.98. The Hall–Kier alpha value is -5.08. The SMILES string of the molecule is C=C1CCC(N2Cc3cc(N4C[C@H]5CN(CCCOc6ccc([C@H]7c8ccc(O)cc8CC[C@H]7c7ccccc7)cc6)C[C@H]5C4)ccc3C2=O)C(=O)N1. The molecule has 1 aliphatic carbocycles. The number of aromatic hydroxyl groups is 1. The molecule has 5 aliphatic rings. The maximum atomic E-state index is 13.2. The molecule has 0 saturated carbocycles. The molecule has 2 amide bonds. The summed E-state index contributed by atoms with van der Waals surface area (Å²) in [7, 11) is 0. The lowest BCUT2D eigenvalue weighted by Crippen LogP contribution is -2.49. The van der Waals surface area contributed by atoms with E-state index in [-0.39, 0.29) is 17.7 Å². The van der Waals surface area contributed by atoms with E-state index in [0.29, 0.717) is 49.5 Å². The van der Waals surface area contributed by atoms with Gasteiger partial charge in [-0.15, -0.1) is 0 Å². The van der Waals surface area contributed by atoms with Gasteiger partial charge in [0.15, 0.2) is 0 Å². The first-order valence-corrected chi connectivity index (χ1v) is 19.4. The predicted molar refractivity (Wildman–Crippen MR) is 206 cm³/mol. The lowest BCUT2D eigenvalue weighted by Gasteiger charge is -2.34. The summed E-state index contributed by atoms with van der Waals surface area (Å²) in [6.07, 6.45) is 4.34. The van der Waals surface area contributed by atoms with E-state index in [1.54, 1.807) is 4.90 Å². The van der Waals surface area contributed by atoms with Crippen molar-refractivity contribution in [1.29, 1.82) is 0 Å². The van der Waals surface area contributed by atoms with E-state index >= 15 is 0 Å². The van der Waals surface area contributed by atoms with Crippen LogP contribution in [0.25, 0.3) is 0 Å². The molecule has 1 unspecified atom stereocenters. The Kier molecular flexibility index (Phi) is 8.94. The highest BCUT2D eigenvalue weighted by Crippen LogP contribution is 2.47. The van der Waals surface area contributed by atoms with E-state index in [1.807, 2.05) is 18.2 Å². The third-order valence-corrected chi connectivity index (χ3v) is 12.5. The third kappa shape index (κ3) is 6.58. The highest BCUT2D eigenvalue weighted by atomic mass is 16.5. The predicted octanol–water partition coefficient (Wildman–Crippen LogP) is 6.84. The molecule has 9 rings (SSSR count). The summed E-state index contributed by atoms with van der Waals surface area (Å²) in [6, 6.07) is 31.2. The summed E-state index contributed by atoms with van der Waals surface area (Å²) in [5, 5.41) is 13.0. The van der Waals surface area contributed by atoms with Crippen LogP contribution in [-0.4, -0.2) is 72.1 Å². The van der Waals surface area contributed by atoms with E-state index in [2.05, 4.69) is 94.5 Å². The Balaban J connectivity index is 0.761. The van der Waals surface area contributed by atoms with Crippen molar-refractivity contribution in [2.45, 2.75) is 56.5 Å². The number of phenols is 1. The first-order valence-electron chi connectivity index (χ1n) is 19.4. The second-order valence-electron chi connectivity index (χ2n) is 15.8. The molecule has 5 atom stereocenters. The van der Waals surface area contributed by atoms with E-state index in [1.165, 1.54) is 27.9 Å². The van der Waals surface area contributed by atoms with Crippen molar-refractivity contribution >= 4 is 17.5 Å². The summed E-state index contributed by atoms with van der Waals surface area (Å²) < 4.78 is 6.25. The molecule has 4 aliphatic heterocycles. The number of ether oxygens (including phenoxy) is 1. The zero-order valence-corrected chi connectivity index (χ0v) is 30.3. The molecule has 3 fully saturated rings. The fraction of sp³-hybridized carbons (Fsp3) is 0.378. The summed E-state index contributed by atoms with van der Waals surface area (Å²) in [5.41, 5.74) is 8.86. The van der Waals surface area contributed by atoms with Gasteiger partial charge in [0.1, 0.15) is 17.5 Å². The van der Waals surface area contributed by atoms with Gasteiger partial charge in [-0.05, 0) is 120 Å². The Morgan fingerprint density at radius 1 is 0.811 bits per heavy atom. The number of hydrogen-bond donors (Lipinski definition) is 2. The number of allylic oxidation sites excluding steroid dienone is 1. The van der Waals surface area contributed by atoms with Crippen molar-refractivity contribution in [3.8, 4) is 11.5 Å². The average molecular weight is 709 g/mol. The minimum absolute atomic E-state index is 0.0423. The van der Waals surface area contributed by atoms with Crippen LogP contribution in [0.2, 0.25) is 0 Å².